The lowest BCUT2D eigenvalue weighted by Crippen LogP contribution is -2.41. The molecule has 0 saturated carbocycles. The van der Waals surface area contributed by atoms with Crippen LogP contribution in [0, 0.1) is 0 Å². The number of carbonyl (C=O) groups excluding carboxylic acids is 1. The topological polar surface area (TPSA) is 58.2 Å². The van der Waals surface area contributed by atoms with Gasteiger partial charge in [0.05, 0.1) is 10.0 Å². The van der Waals surface area contributed by atoms with Crippen LogP contribution in [0.4, 0.5) is 4.79 Å². The van der Waals surface area contributed by atoms with Crippen LogP contribution in [0.2, 0.25) is 4.34 Å². The van der Waals surface area contributed by atoms with E-state index in [1.54, 1.807) is 16.2 Å². The number of H-pyrrole nitrogens is 1. The summed E-state index contributed by atoms with van der Waals surface area (Å²) >= 11 is 7.61. The maximum Gasteiger partial charge on any atom is 0.410 e. The Morgan fingerprint density at radius 2 is 2.08 bits per heavy atom. The van der Waals surface area contributed by atoms with E-state index in [1.165, 1.54) is 4.88 Å². The van der Waals surface area contributed by atoms with Crippen molar-refractivity contribution >= 4 is 29.0 Å². The second kappa shape index (κ2) is 8.01. The minimum Gasteiger partial charge on any atom is -0.444 e. The van der Waals surface area contributed by atoms with Crippen molar-refractivity contribution in [1.82, 2.24) is 15.1 Å². The number of amides is 1. The highest BCUT2D eigenvalue weighted by Gasteiger charge is 2.28. The molecule has 142 valence electrons. The van der Waals surface area contributed by atoms with Gasteiger partial charge >= 0.3 is 6.09 Å². The summed E-state index contributed by atoms with van der Waals surface area (Å²) in [5.41, 5.74) is 1.81. The highest BCUT2D eigenvalue weighted by Crippen LogP contribution is 2.28. The minimum absolute atomic E-state index is 0.215. The Labute approximate surface area is 163 Å². The molecule has 0 bridgehead atoms. The average molecular weight is 396 g/mol. The van der Waals surface area contributed by atoms with Crippen LogP contribution in [0.15, 0.2) is 18.2 Å². The Balaban J connectivity index is 1.49. The molecule has 2 aromatic heterocycles. The van der Waals surface area contributed by atoms with Crippen molar-refractivity contribution in [3.05, 3.63) is 38.8 Å². The fraction of sp³-hybridized carbons (Fsp3) is 0.579. The number of aromatic nitrogens is 2. The molecule has 0 aliphatic carbocycles. The van der Waals surface area contributed by atoms with E-state index in [0.717, 1.165) is 54.5 Å². The van der Waals surface area contributed by atoms with Crippen LogP contribution in [0.3, 0.4) is 0 Å². The largest absolute Gasteiger partial charge is 0.444 e. The zero-order valence-electron chi connectivity index (χ0n) is 15.5. The molecule has 0 atom stereocenters. The van der Waals surface area contributed by atoms with Crippen LogP contribution in [0.5, 0.6) is 0 Å². The number of hydrogen-bond donors (Lipinski definition) is 1. The molecule has 1 aliphatic rings. The monoisotopic (exact) mass is 395 g/mol. The molecule has 2 aromatic rings. The number of hydrogen-bond acceptors (Lipinski definition) is 4. The standard InChI is InChI=1S/C19H26ClN3O2S/c1-19(2,3)25-18(24)23-10-8-13(9-11-23)16-12-14(21-22-16)4-5-15-6-7-17(20)26-15/h6-7,12-13H,4-5,8-11H2,1-3H3,(H,21,22). The van der Waals surface area contributed by atoms with Gasteiger partial charge in [0.1, 0.15) is 5.60 Å². The number of ether oxygens (including phenoxy) is 1. The van der Waals surface area contributed by atoms with E-state index in [-0.39, 0.29) is 6.09 Å². The van der Waals surface area contributed by atoms with Gasteiger partial charge in [-0.2, -0.15) is 5.10 Å². The average Bonchev–Trinajstić information content (AvgIpc) is 3.20. The van der Waals surface area contributed by atoms with E-state index >= 15 is 0 Å². The molecule has 0 unspecified atom stereocenters. The summed E-state index contributed by atoms with van der Waals surface area (Å²) in [6, 6.07) is 6.19. The number of carbonyl (C=O) groups is 1. The minimum atomic E-state index is -0.447. The van der Waals surface area contributed by atoms with Crippen LogP contribution in [0.1, 0.15) is 55.8 Å². The highest BCUT2D eigenvalue weighted by molar-refractivity contribution is 7.16. The van der Waals surface area contributed by atoms with Crippen molar-refractivity contribution in [2.24, 2.45) is 0 Å². The summed E-state index contributed by atoms with van der Waals surface area (Å²) in [6.45, 7) is 7.12. The molecule has 1 amide bonds. The predicted octanol–water partition coefficient (Wildman–Crippen LogP) is 5.02. The quantitative estimate of drug-likeness (QED) is 0.790. The zero-order valence-corrected chi connectivity index (χ0v) is 17.1. The third kappa shape index (κ3) is 5.24. The molecule has 0 radical (unpaired) electrons. The number of thiophene rings is 1. The molecule has 3 heterocycles. The third-order valence-corrected chi connectivity index (χ3v) is 5.78. The van der Waals surface area contributed by atoms with Gasteiger partial charge < -0.3 is 9.64 Å². The van der Waals surface area contributed by atoms with E-state index in [0.29, 0.717) is 5.92 Å². The summed E-state index contributed by atoms with van der Waals surface area (Å²) in [5.74, 6) is 0.398. The summed E-state index contributed by atoms with van der Waals surface area (Å²) in [4.78, 5) is 15.2. The van der Waals surface area contributed by atoms with Crippen molar-refractivity contribution in [3.8, 4) is 0 Å². The molecule has 0 aromatic carbocycles. The first-order valence-electron chi connectivity index (χ1n) is 9.06. The first-order valence-corrected chi connectivity index (χ1v) is 10.3. The maximum atomic E-state index is 12.2. The lowest BCUT2D eigenvalue weighted by atomic mass is 9.93. The fourth-order valence-corrected chi connectivity index (χ4v) is 4.23. The smallest absolute Gasteiger partial charge is 0.410 e. The first-order chi connectivity index (χ1) is 12.3. The Morgan fingerprint density at radius 3 is 2.69 bits per heavy atom. The van der Waals surface area contributed by atoms with E-state index in [9.17, 15) is 4.79 Å². The second-order valence-electron chi connectivity index (χ2n) is 7.77. The first kappa shape index (κ1) is 19.2. The van der Waals surface area contributed by atoms with Gasteiger partial charge in [-0.05, 0) is 64.7 Å². The number of rotatable bonds is 4. The summed E-state index contributed by atoms with van der Waals surface area (Å²) < 4.78 is 6.29. The van der Waals surface area contributed by atoms with E-state index in [4.69, 9.17) is 16.3 Å². The molecule has 1 aliphatic heterocycles. The normalized spacial score (nSPS) is 16.1. The van der Waals surface area contributed by atoms with Gasteiger partial charge in [-0.15, -0.1) is 11.3 Å². The van der Waals surface area contributed by atoms with Gasteiger partial charge in [-0.1, -0.05) is 11.6 Å². The molecular weight excluding hydrogens is 370 g/mol. The van der Waals surface area contributed by atoms with Crippen molar-refractivity contribution < 1.29 is 9.53 Å². The van der Waals surface area contributed by atoms with E-state index in [2.05, 4.69) is 22.3 Å². The van der Waals surface area contributed by atoms with Gasteiger partial charge in [0.15, 0.2) is 0 Å². The molecular formula is C19H26ClN3O2S. The van der Waals surface area contributed by atoms with Crippen molar-refractivity contribution in [2.45, 2.75) is 58.0 Å². The van der Waals surface area contributed by atoms with Gasteiger partial charge in [0.25, 0.3) is 0 Å². The van der Waals surface area contributed by atoms with Gasteiger partial charge in [-0.3, -0.25) is 5.10 Å². The maximum absolute atomic E-state index is 12.2. The Hall–Kier alpha value is -1.53. The zero-order chi connectivity index (χ0) is 18.7. The molecule has 3 rings (SSSR count). The van der Waals surface area contributed by atoms with Crippen molar-refractivity contribution in [1.29, 1.82) is 0 Å². The lowest BCUT2D eigenvalue weighted by Gasteiger charge is -2.32. The van der Waals surface area contributed by atoms with E-state index in [1.807, 2.05) is 26.8 Å². The third-order valence-electron chi connectivity index (χ3n) is 4.49. The van der Waals surface area contributed by atoms with Crippen LogP contribution < -0.4 is 0 Å². The molecule has 7 heteroatoms. The predicted molar refractivity (Wildman–Crippen MR) is 105 cm³/mol. The van der Waals surface area contributed by atoms with Crippen LogP contribution in [-0.4, -0.2) is 39.9 Å². The number of halogens is 1. The summed E-state index contributed by atoms with van der Waals surface area (Å²) in [5, 5.41) is 7.67. The molecule has 1 N–H and O–H groups in total. The summed E-state index contributed by atoms with van der Waals surface area (Å²) in [6.07, 6.45) is 3.53. The molecule has 5 nitrogen and oxygen atoms in total. The summed E-state index contributed by atoms with van der Waals surface area (Å²) in [7, 11) is 0. The lowest BCUT2D eigenvalue weighted by molar-refractivity contribution is 0.0204. The second-order valence-corrected chi connectivity index (χ2v) is 9.57. The van der Waals surface area contributed by atoms with Gasteiger partial charge in [0, 0.05) is 29.6 Å². The van der Waals surface area contributed by atoms with Gasteiger partial charge in [-0.25, -0.2) is 4.79 Å². The molecule has 0 spiro atoms. The van der Waals surface area contributed by atoms with Crippen molar-refractivity contribution in [3.63, 3.8) is 0 Å². The highest BCUT2D eigenvalue weighted by atomic mass is 35.5. The van der Waals surface area contributed by atoms with E-state index < -0.39 is 5.60 Å². The fourth-order valence-electron chi connectivity index (χ4n) is 3.14. The number of likely N-dealkylation sites (tertiary alicyclic amines) is 1. The Bertz CT molecular complexity index is 742. The Kier molecular flexibility index (Phi) is 5.92. The molecule has 1 fully saturated rings. The van der Waals surface area contributed by atoms with Crippen LogP contribution in [0.25, 0.3) is 0 Å². The molecule has 26 heavy (non-hydrogen) atoms. The number of aryl methyl sites for hydroxylation is 2. The number of nitrogens with one attached hydrogen (secondary N) is 1. The van der Waals surface area contributed by atoms with Crippen LogP contribution in [-0.2, 0) is 17.6 Å². The molecule has 1 saturated heterocycles. The van der Waals surface area contributed by atoms with Crippen LogP contribution >= 0.6 is 22.9 Å². The Morgan fingerprint density at radius 1 is 1.35 bits per heavy atom. The van der Waals surface area contributed by atoms with Crippen molar-refractivity contribution in [2.75, 3.05) is 13.1 Å². The SMILES string of the molecule is CC(C)(C)OC(=O)N1CCC(c2cc(CCc3ccc(Cl)s3)[nH]n2)CC1. The number of aromatic amines is 1. The number of piperidine rings is 1. The number of nitrogens with zero attached hydrogens (tertiary/aromatic N) is 2. The van der Waals surface area contributed by atoms with Gasteiger partial charge in [0.2, 0.25) is 0 Å².